The van der Waals surface area contributed by atoms with E-state index in [0.29, 0.717) is 6.42 Å². The van der Waals surface area contributed by atoms with Gasteiger partial charge in [0.2, 0.25) is 15.9 Å². The van der Waals surface area contributed by atoms with Gasteiger partial charge in [-0.3, -0.25) is 9.78 Å². The molecule has 0 radical (unpaired) electrons. The second kappa shape index (κ2) is 5.36. The van der Waals surface area contributed by atoms with Crippen molar-refractivity contribution in [3.63, 3.8) is 0 Å². The van der Waals surface area contributed by atoms with Crippen LogP contribution in [0.4, 0.5) is 0 Å². The summed E-state index contributed by atoms with van der Waals surface area (Å²) in [5.41, 5.74) is 0. The van der Waals surface area contributed by atoms with Crippen molar-refractivity contribution in [2.45, 2.75) is 23.5 Å². The predicted molar refractivity (Wildman–Crippen MR) is 73.8 cm³/mol. The molecular formula is C13H17N3O4S. The van der Waals surface area contributed by atoms with Crippen molar-refractivity contribution in [2.75, 3.05) is 20.1 Å². The van der Waals surface area contributed by atoms with Crippen molar-refractivity contribution >= 4 is 15.9 Å². The van der Waals surface area contributed by atoms with Gasteiger partial charge in [-0.25, -0.2) is 8.42 Å². The summed E-state index contributed by atoms with van der Waals surface area (Å²) < 4.78 is 32.3. The fourth-order valence-corrected chi connectivity index (χ4v) is 4.38. The molecule has 2 aliphatic rings. The normalized spacial score (nSPS) is 29.3. The van der Waals surface area contributed by atoms with Crippen LogP contribution in [0.2, 0.25) is 0 Å². The molecule has 1 aromatic rings. The van der Waals surface area contributed by atoms with Crippen LogP contribution in [0.15, 0.2) is 29.4 Å². The number of sulfonamides is 1. The Morgan fingerprint density at radius 1 is 1.48 bits per heavy atom. The van der Waals surface area contributed by atoms with Crippen LogP contribution in [0.3, 0.4) is 0 Å². The van der Waals surface area contributed by atoms with Gasteiger partial charge in [-0.15, -0.1) is 0 Å². The standard InChI is InChI=1S/C13H17N3O4S/c1-14-13(17)11-5-9-7-16(8-12(11)20-9)21(18,19)10-3-2-4-15-6-10/h2-4,6,9,11-12H,5,7-8H2,1H3,(H,14,17)/t9-,11+,12-/m1/s1. The maximum atomic E-state index is 12.6. The molecule has 2 fully saturated rings. The topological polar surface area (TPSA) is 88.6 Å². The van der Waals surface area contributed by atoms with Crippen molar-refractivity contribution in [1.82, 2.24) is 14.6 Å². The van der Waals surface area contributed by atoms with Gasteiger partial charge in [-0.2, -0.15) is 4.31 Å². The molecule has 3 atom stereocenters. The van der Waals surface area contributed by atoms with Crippen LogP contribution in [-0.2, 0) is 19.6 Å². The highest BCUT2D eigenvalue weighted by molar-refractivity contribution is 7.89. The lowest BCUT2D eigenvalue weighted by Gasteiger charge is -2.31. The highest BCUT2D eigenvalue weighted by Gasteiger charge is 2.47. The minimum atomic E-state index is -3.58. The largest absolute Gasteiger partial charge is 0.371 e. The number of ether oxygens (including phenoxy) is 1. The molecule has 8 heteroatoms. The van der Waals surface area contributed by atoms with E-state index in [1.165, 1.54) is 22.8 Å². The molecule has 21 heavy (non-hydrogen) atoms. The third-order valence-corrected chi connectivity index (χ3v) is 5.79. The van der Waals surface area contributed by atoms with Crippen molar-refractivity contribution in [3.05, 3.63) is 24.5 Å². The number of aromatic nitrogens is 1. The Balaban J connectivity index is 1.82. The number of nitrogens with zero attached hydrogens (tertiary/aromatic N) is 2. The Morgan fingerprint density at radius 2 is 2.29 bits per heavy atom. The third kappa shape index (κ3) is 2.54. The van der Waals surface area contributed by atoms with Crippen LogP contribution < -0.4 is 5.32 Å². The number of morpholine rings is 1. The molecule has 2 saturated heterocycles. The van der Waals surface area contributed by atoms with E-state index < -0.39 is 10.0 Å². The van der Waals surface area contributed by atoms with E-state index in [4.69, 9.17) is 4.74 Å². The minimum absolute atomic E-state index is 0.0943. The predicted octanol–water partition coefficient (Wildman–Crippen LogP) is -0.394. The molecule has 0 unspecified atom stereocenters. The van der Waals surface area contributed by atoms with Crippen molar-refractivity contribution in [3.8, 4) is 0 Å². The molecular weight excluding hydrogens is 294 g/mol. The van der Waals surface area contributed by atoms with E-state index >= 15 is 0 Å². The van der Waals surface area contributed by atoms with Gasteiger partial charge in [-0.05, 0) is 18.6 Å². The van der Waals surface area contributed by atoms with Crippen LogP contribution in [-0.4, -0.2) is 56.0 Å². The number of fused-ring (bicyclic) bond motifs is 2. The van der Waals surface area contributed by atoms with Crippen LogP contribution in [0, 0.1) is 5.92 Å². The van der Waals surface area contributed by atoms with Crippen molar-refractivity contribution in [2.24, 2.45) is 5.92 Å². The summed E-state index contributed by atoms with van der Waals surface area (Å²) in [6.07, 6.45) is 2.82. The first-order valence-corrected chi connectivity index (χ1v) is 8.23. The third-order valence-electron chi connectivity index (χ3n) is 3.98. The van der Waals surface area contributed by atoms with Gasteiger partial charge in [-0.1, -0.05) is 0 Å². The maximum Gasteiger partial charge on any atom is 0.244 e. The monoisotopic (exact) mass is 311 g/mol. The molecule has 3 rings (SSSR count). The fourth-order valence-electron chi connectivity index (χ4n) is 2.93. The number of pyridine rings is 1. The van der Waals surface area contributed by atoms with Crippen LogP contribution in [0.1, 0.15) is 6.42 Å². The summed E-state index contributed by atoms with van der Waals surface area (Å²) >= 11 is 0. The zero-order valence-electron chi connectivity index (χ0n) is 11.6. The smallest absolute Gasteiger partial charge is 0.244 e. The van der Waals surface area contributed by atoms with E-state index in [0.717, 1.165) is 0 Å². The first kappa shape index (κ1) is 14.4. The highest BCUT2D eigenvalue weighted by atomic mass is 32.2. The van der Waals surface area contributed by atoms with E-state index in [-0.39, 0.29) is 42.0 Å². The Morgan fingerprint density at radius 3 is 2.95 bits per heavy atom. The SMILES string of the molecule is CNC(=O)[C@H]1C[C@@H]2CN(S(=O)(=O)c3cccnc3)C[C@H]1O2. The molecule has 1 aromatic heterocycles. The van der Waals surface area contributed by atoms with Gasteiger partial charge in [0.05, 0.1) is 18.1 Å². The van der Waals surface area contributed by atoms with Crippen LogP contribution in [0.25, 0.3) is 0 Å². The average molecular weight is 311 g/mol. The maximum absolute atomic E-state index is 12.6. The highest BCUT2D eigenvalue weighted by Crippen LogP contribution is 2.34. The lowest BCUT2D eigenvalue weighted by Crippen LogP contribution is -2.47. The second-order valence-electron chi connectivity index (χ2n) is 5.26. The average Bonchev–Trinajstić information content (AvgIpc) is 2.81. The first-order chi connectivity index (χ1) is 10.0. The van der Waals surface area contributed by atoms with Gasteiger partial charge >= 0.3 is 0 Å². The van der Waals surface area contributed by atoms with Gasteiger partial charge in [0.1, 0.15) is 4.90 Å². The molecule has 3 heterocycles. The van der Waals surface area contributed by atoms with E-state index in [2.05, 4.69) is 10.3 Å². The summed E-state index contributed by atoms with van der Waals surface area (Å²) in [5.74, 6) is -0.378. The Hall–Kier alpha value is -1.51. The molecule has 114 valence electrons. The quantitative estimate of drug-likeness (QED) is 0.821. The van der Waals surface area contributed by atoms with E-state index in [1.807, 2.05) is 0 Å². The van der Waals surface area contributed by atoms with Gasteiger partial charge in [0.25, 0.3) is 0 Å². The molecule has 0 spiro atoms. The lowest BCUT2D eigenvalue weighted by molar-refractivity contribution is -0.126. The number of carbonyl (C=O) groups excluding carboxylic acids is 1. The number of hydrogen-bond acceptors (Lipinski definition) is 5. The number of rotatable bonds is 3. The molecule has 7 nitrogen and oxygen atoms in total. The Labute approximate surface area is 123 Å². The summed E-state index contributed by atoms with van der Waals surface area (Å²) in [4.78, 5) is 15.8. The molecule has 2 aliphatic heterocycles. The van der Waals surface area contributed by atoms with Gasteiger partial charge in [0, 0.05) is 32.5 Å². The Bertz CT molecular complexity index is 634. The van der Waals surface area contributed by atoms with Gasteiger partial charge < -0.3 is 10.1 Å². The van der Waals surface area contributed by atoms with Gasteiger partial charge in [0.15, 0.2) is 0 Å². The Kier molecular flexibility index (Phi) is 3.68. The van der Waals surface area contributed by atoms with Crippen molar-refractivity contribution in [1.29, 1.82) is 0 Å². The lowest BCUT2D eigenvalue weighted by atomic mass is 10.00. The molecule has 0 aromatic carbocycles. The molecule has 0 aliphatic carbocycles. The molecule has 1 amide bonds. The zero-order valence-corrected chi connectivity index (χ0v) is 12.4. The zero-order chi connectivity index (χ0) is 15.0. The summed E-state index contributed by atoms with van der Waals surface area (Å²) in [6.45, 7) is 0.479. The van der Waals surface area contributed by atoms with Crippen LogP contribution >= 0.6 is 0 Å². The van der Waals surface area contributed by atoms with Crippen molar-refractivity contribution < 1.29 is 17.9 Å². The summed E-state index contributed by atoms with van der Waals surface area (Å²) in [5, 5.41) is 2.61. The fraction of sp³-hybridized carbons (Fsp3) is 0.538. The molecule has 1 N–H and O–H groups in total. The molecule has 2 bridgehead atoms. The number of amides is 1. The first-order valence-electron chi connectivity index (χ1n) is 6.79. The van der Waals surface area contributed by atoms with Crippen LogP contribution in [0.5, 0.6) is 0 Å². The molecule has 0 saturated carbocycles. The number of carbonyl (C=O) groups is 1. The number of nitrogens with one attached hydrogen (secondary N) is 1. The minimum Gasteiger partial charge on any atom is -0.371 e. The summed E-state index contributed by atoms with van der Waals surface area (Å²) in [7, 11) is -2.01. The second-order valence-corrected chi connectivity index (χ2v) is 7.20. The van der Waals surface area contributed by atoms with E-state index in [9.17, 15) is 13.2 Å². The van der Waals surface area contributed by atoms with E-state index in [1.54, 1.807) is 13.1 Å². The number of hydrogen-bond donors (Lipinski definition) is 1. The summed E-state index contributed by atoms with van der Waals surface area (Å²) in [6, 6.07) is 3.12.